The number of fused-ring (bicyclic) bond motifs is 1. The second-order valence-electron chi connectivity index (χ2n) is 9.63. The highest BCUT2D eigenvalue weighted by molar-refractivity contribution is 7.20. The molecule has 1 atom stereocenters. The Balaban J connectivity index is 2.24. The molecule has 0 aromatic carbocycles. The first kappa shape index (κ1) is 27.2. The number of aliphatic hydroxyl groups is 1. The topological polar surface area (TPSA) is 105 Å². The van der Waals surface area contributed by atoms with Gasteiger partial charge in [0.25, 0.3) is 5.56 Å². The first-order valence-electron chi connectivity index (χ1n) is 11.3. The van der Waals surface area contributed by atoms with Crippen LogP contribution in [0.3, 0.4) is 0 Å². The van der Waals surface area contributed by atoms with Crippen molar-refractivity contribution in [3.05, 3.63) is 39.3 Å². The average Bonchev–Trinajstić information content (AvgIpc) is 3.05. The fraction of sp³-hybridized carbons (Fsp3) is 0.625. The van der Waals surface area contributed by atoms with E-state index in [1.807, 2.05) is 20.8 Å². The minimum atomic E-state index is -0.665. The van der Waals surface area contributed by atoms with Crippen LogP contribution in [-0.4, -0.2) is 64.0 Å². The lowest BCUT2D eigenvalue weighted by molar-refractivity contribution is -0.0570. The molecule has 2 aromatic heterocycles. The molecule has 0 spiro atoms. The largest absolute Gasteiger partial charge is 0.457 e. The highest BCUT2D eigenvalue weighted by Crippen LogP contribution is 2.27. The molecule has 0 saturated carbocycles. The number of hydrogen-bond acceptors (Lipinski definition) is 8. The van der Waals surface area contributed by atoms with Gasteiger partial charge in [-0.05, 0) is 52.1 Å². The van der Waals surface area contributed by atoms with Crippen LogP contribution in [0.15, 0.2) is 17.4 Å². The van der Waals surface area contributed by atoms with Crippen molar-refractivity contribution in [1.82, 2.24) is 14.9 Å². The second-order valence-corrected chi connectivity index (χ2v) is 10.6. The third-order valence-corrected chi connectivity index (χ3v) is 6.11. The average molecular weight is 480 g/mol. The van der Waals surface area contributed by atoms with E-state index < -0.39 is 12.1 Å². The predicted octanol–water partition coefficient (Wildman–Crippen LogP) is 3.66. The smallest absolute Gasteiger partial charge is 0.348 e. The third kappa shape index (κ3) is 8.33. The molecular formula is C24H37N3O5S. The SMILES string of the molecule is C=CCOC(=O)c1sc2nc(CN(CCC(C)C)CC(O)COC(C)(C)C)[nH]c(=O)c2c1C. The molecule has 8 nitrogen and oxygen atoms in total. The van der Waals surface area contributed by atoms with Crippen molar-refractivity contribution in [3.8, 4) is 0 Å². The maximum Gasteiger partial charge on any atom is 0.348 e. The summed E-state index contributed by atoms with van der Waals surface area (Å²) in [4.78, 5) is 35.5. The summed E-state index contributed by atoms with van der Waals surface area (Å²) in [5, 5.41) is 10.9. The molecule has 0 saturated heterocycles. The molecule has 184 valence electrons. The van der Waals surface area contributed by atoms with Gasteiger partial charge in [0.1, 0.15) is 22.1 Å². The Morgan fingerprint density at radius 3 is 2.67 bits per heavy atom. The number of aromatic amines is 1. The zero-order valence-electron chi connectivity index (χ0n) is 20.6. The number of aromatic nitrogens is 2. The number of carbonyl (C=O) groups is 1. The van der Waals surface area contributed by atoms with Crippen molar-refractivity contribution in [2.24, 2.45) is 5.92 Å². The lowest BCUT2D eigenvalue weighted by atomic mass is 10.1. The molecule has 0 aliphatic heterocycles. The Morgan fingerprint density at radius 2 is 2.06 bits per heavy atom. The summed E-state index contributed by atoms with van der Waals surface area (Å²) in [5.41, 5.74) is -0.0499. The van der Waals surface area contributed by atoms with Crippen molar-refractivity contribution in [3.63, 3.8) is 0 Å². The van der Waals surface area contributed by atoms with Gasteiger partial charge in [0.15, 0.2) is 0 Å². The van der Waals surface area contributed by atoms with Crippen LogP contribution in [0.25, 0.3) is 10.2 Å². The first-order valence-corrected chi connectivity index (χ1v) is 12.1. The second kappa shape index (κ2) is 11.9. The summed E-state index contributed by atoms with van der Waals surface area (Å²) in [6.07, 6.45) is 1.77. The number of rotatable bonds is 12. The van der Waals surface area contributed by atoms with Gasteiger partial charge in [-0.3, -0.25) is 9.69 Å². The van der Waals surface area contributed by atoms with Gasteiger partial charge in [-0.1, -0.05) is 26.5 Å². The van der Waals surface area contributed by atoms with Gasteiger partial charge in [0, 0.05) is 6.54 Å². The summed E-state index contributed by atoms with van der Waals surface area (Å²) >= 11 is 1.15. The van der Waals surface area contributed by atoms with Gasteiger partial charge in [-0.15, -0.1) is 11.3 Å². The van der Waals surface area contributed by atoms with E-state index in [-0.39, 0.29) is 24.4 Å². The van der Waals surface area contributed by atoms with Crippen LogP contribution in [0.5, 0.6) is 0 Å². The van der Waals surface area contributed by atoms with E-state index in [1.165, 1.54) is 6.08 Å². The van der Waals surface area contributed by atoms with E-state index >= 15 is 0 Å². The number of aliphatic hydroxyl groups excluding tert-OH is 1. The first-order chi connectivity index (χ1) is 15.4. The van der Waals surface area contributed by atoms with Crippen LogP contribution in [0, 0.1) is 12.8 Å². The van der Waals surface area contributed by atoms with Crippen LogP contribution in [0.2, 0.25) is 0 Å². The zero-order chi connectivity index (χ0) is 24.8. The number of esters is 1. The minimum absolute atomic E-state index is 0.105. The zero-order valence-corrected chi connectivity index (χ0v) is 21.4. The number of ether oxygens (including phenoxy) is 2. The van der Waals surface area contributed by atoms with Crippen LogP contribution in [0.1, 0.15) is 62.1 Å². The van der Waals surface area contributed by atoms with E-state index in [0.717, 1.165) is 24.3 Å². The van der Waals surface area contributed by atoms with E-state index in [4.69, 9.17) is 9.47 Å². The maximum atomic E-state index is 12.8. The predicted molar refractivity (Wildman–Crippen MR) is 132 cm³/mol. The molecule has 9 heteroatoms. The molecule has 1 unspecified atom stereocenters. The Labute approximate surface area is 199 Å². The normalized spacial score (nSPS) is 13.1. The van der Waals surface area contributed by atoms with Crippen LogP contribution in [-0.2, 0) is 16.0 Å². The monoisotopic (exact) mass is 479 g/mol. The molecule has 0 fully saturated rings. The van der Waals surface area contributed by atoms with E-state index in [0.29, 0.717) is 45.5 Å². The van der Waals surface area contributed by atoms with E-state index in [9.17, 15) is 14.7 Å². The highest BCUT2D eigenvalue weighted by Gasteiger charge is 2.22. The quantitative estimate of drug-likeness (QED) is 0.354. The van der Waals surface area contributed by atoms with Gasteiger partial charge >= 0.3 is 5.97 Å². The summed E-state index contributed by atoms with van der Waals surface area (Å²) < 4.78 is 10.8. The minimum Gasteiger partial charge on any atom is -0.457 e. The van der Waals surface area contributed by atoms with Gasteiger partial charge < -0.3 is 19.6 Å². The molecule has 2 rings (SSSR count). The van der Waals surface area contributed by atoms with Crippen molar-refractivity contribution in [1.29, 1.82) is 0 Å². The molecule has 0 aliphatic rings. The molecule has 0 radical (unpaired) electrons. The van der Waals surface area contributed by atoms with Gasteiger partial charge in [0.2, 0.25) is 0 Å². The van der Waals surface area contributed by atoms with Crippen molar-refractivity contribution < 1.29 is 19.4 Å². The molecular weight excluding hydrogens is 442 g/mol. The third-order valence-electron chi connectivity index (χ3n) is 4.94. The number of nitrogens with one attached hydrogen (secondary N) is 1. The van der Waals surface area contributed by atoms with E-state index in [2.05, 4.69) is 35.3 Å². The van der Waals surface area contributed by atoms with Crippen LogP contribution in [0.4, 0.5) is 0 Å². The number of carbonyl (C=O) groups excluding carboxylic acids is 1. The van der Waals surface area contributed by atoms with Gasteiger partial charge in [-0.2, -0.15) is 0 Å². The van der Waals surface area contributed by atoms with Crippen LogP contribution >= 0.6 is 11.3 Å². The van der Waals surface area contributed by atoms with E-state index in [1.54, 1.807) is 6.92 Å². The van der Waals surface area contributed by atoms with Crippen molar-refractivity contribution in [2.75, 3.05) is 26.3 Å². The lowest BCUT2D eigenvalue weighted by Crippen LogP contribution is -2.38. The fourth-order valence-corrected chi connectivity index (χ4v) is 4.34. The summed E-state index contributed by atoms with van der Waals surface area (Å²) in [5.74, 6) is 0.498. The van der Waals surface area contributed by atoms with Crippen molar-refractivity contribution in [2.45, 2.75) is 66.2 Å². The number of hydrogen-bond donors (Lipinski definition) is 2. The molecule has 0 amide bonds. The molecule has 0 bridgehead atoms. The molecule has 2 N–H and O–H groups in total. The Bertz CT molecular complexity index is 1010. The van der Waals surface area contributed by atoms with Gasteiger partial charge in [-0.25, -0.2) is 9.78 Å². The number of aryl methyl sites for hydroxylation is 1. The Morgan fingerprint density at radius 1 is 1.36 bits per heavy atom. The van der Waals surface area contributed by atoms with Crippen LogP contribution < -0.4 is 5.56 Å². The number of nitrogens with zero attached hydrogens (tertiary/aromatic N) is 2. The molecule has 2 heterocycles. The molecule has 33 heavy (non-hydrogen) atoms. The standard InChI is InChI=1S/C24H37N3O5S/c1-8-11-31-23(30)20-16(4)19-21(29)25-18(26-22(19)33-20)13-27(10-9-15(2)3)12-17(28)14-32-24(5,6)7/h8,15,17,28H,1,9-14H2,2-7H3,(H,25,26,29). The number of H-pyrrole nitrogens is 1. The summed E-state index contributed by atoms with van der Waals surface area (Å²) in [6.45, 7) is 17.2. The van der Waals surface area contributed by atoms with Crippen molar-refractivity contribution >= 4 is 27.5 Å². The number of thiophene rings is 1. The lowest BCUT2D eigenvalue weighted by Gasteiger charge is -2.27. The Kier molecular flexibility index (Phi) is 9.78. The molecule has 0 aliphatic carbocycles. The molecule has 2 aromatic rings. The Hall–Kier alpha value is -2.07. The fourth-order valence-electron chi connectivity index (χ4n) is 3.24. The maximum absolute atomic E-state index is 12.8. The summed E-state index contributed by atoms with van der Waals surface area (Å²) in [6, 6.07) is 0. The highest BCUT2D eigenvalue weighted by atomic mass is 32.1. The van der Waals surface area contributed by atoms with Gasteiger partial charge in [0.05, 0.1) is 30.2 Å². The summed E-state index contributed by atoms with van der Waals surface area (Å²) in [7, 11) is 0.